The van der Waals surface area contributed by atoms with Gasteiger partial charge in [0.05, 0.1) is 16.3 Å². The van der Waals surface area contributed by atoms with Crippen LogP contribution in [0.4, 0.5) is 11.4 Å². The Balaban J connectivity index is 1.75. The van der Waals surface area contributed by atoms with Gasteiger partial charge in [-0.05, 0) is 54.8 Å². The van der Waals surface area contributed by atoms with E-state index in [2.05, 4.69) is 9.44 Å². The van der Waals surface area contributed by atoms with Crippen molar-refractivity contribution in [3.63, 3.8) is 0 Å². The van der Waals surface area contributed by atoms with Gasteiger partial charge in [0.2, 0.25) is 10.0 Å². The lowest BCUT2D eigenvalue weighted by molar-refractivity contribution is 0.599. The lowest BCUT2D eigenvalue weighted by atomic mass is 10.1. The molecule has 0 aromatic heterocycles. The number of anilines is 2. The third kappa shape index (κ3) is 5.36. The van der Waals surface area contributed by atoms with E-state index in [9.17, 15) is 16.8 Å². The maximum Gasteiger partial charge on any atom is 0.261 e. The third-order valence-electron chi connectivity index (χ3n) is 4.36. The molecule has 0 aliphatic carbocycles. The zero-order valence-corrected chi connectivity index (χ0v) is 17.7. The molecule has 0 amide bonds. The van der Waals surface area contributed by atoms with Crippen LogP contribution >= 0.6 is 0 Å². The van der Waals surface area contributed by atoms with Crippen molar-refractivity contribution < 1.29 is 16.8 Å². The Morgan fingerprint density at radius 3 is 1.86 bits per heavy atom. The van der Waals surface area contributed by atoms with Crippen molar-refractivity contribution in [1.29, 1.82) is 0 Å². The fourth-order valence-corrected chi connectivity index (χ4v) is 5.28. The highest BCUT2D eigenvalue weighted by atomic mass is 32.2. The molecule has 0 atom stereocenters. The first-order valence-electron chi connectivity index (χ1n) is 8.90. The molecule has 152 valence electrons. The van der Waals surface area contributed by atoms with E-state index in [4.69, 9.17) is 0 Å². The summed E-state index contributed by atoms with van der Waals surface area (Å²) in [5.74, 6) is -0.165. The molecule has 0 bridgehead atoms. The highest BCUT2D eigenvalue weighted by molar-refractivity contribution is 7.92. The number of sulfonamides is 2. The van der Waals surface area contributed by atoms with Crippen LogP contribution in [0.5, 0.6) is 0 Å². The Kier molecular flexibility index (Phi) is 5.95. The Morgan fingerprint density at radius 2 is 1.28 bits per heavy atom. The van der Waals surface area contributed by atoms with Crippen molar-refractivity contribution >= 4 is 31.4 Å². The van der Waals surface area contributed by atoms with Crippen LogP contribution in [0.15, 0.2) is 77.7 Å². The van der Waals surface area contributed by atoms with E-state index < -0.39 is 20.0 Å². The van der Waals surface area contributed by atoms with Crippen molar-refractivity contribution in [2.75, 3.05) is 9.44 Å². The first-order valence-corrected chi connectivity index (χ1v) is 12.0. The van der Waals surface area contributed by atoms with Gasteiger partial charge in [0.25, 0.3) is 10.0 Å². The monoisotopic (exact) mass is 430 g/mol. The number of rotatable bonds is 7. The SMILES string of the molecule is Cc1cccc(C)c1NS(=O)(=O)c1ccc(NS(=O)(=O)Cc2ccccc2)cc1. The predicted octanol–water partition coefficient (Wildman–Crippen LogP) is 4.05. The van der Waals surface area contributed by atoms with E-state index >= 15 is 0 Å². The Labute approximate surface area is 171 Å². The molecule has 0 aliphatic heterocycles. The van der Waals surface area contributed by atoms with Crippen molar-refractivity contribution in [3.8, 4) is 0 Å². The third-order valence-corrected chi connectivity index (χ3v) is 6.98. The average molecular weight is 431 g/mol. The standard InChI is InChI=1S/C21H22N2O4S2/c1-16-7-6-8-17(2)21(16)23-29(26,27)20-13-11-19(12-14-20)22-28(24,25)15-18-9-4-3-5-10-18/h3-14,22-23H,15H2,1-2H3. The summed E-state index contributed by atoms with van der Waals surface area (Å²) >= 11 is 0. The van der Waals surface area contributed by atoms with Gasteiger partial charge in [-0.2, -0.15) is 0 Å². The van der Waals surface area contributed by atoms with Crippen LogP contribution in [0.1, 0.15) is 16.7 Å². The molecular formula is C21H22N2O4S2. The van der Waals surface area contributed by atoms with Gasteiger partial charge in [-0.25, -0.2) is 16.8 Å². The van der Waals surface area contributed by atoms with Crippen molar-refractivity contribution in [1.82, 2.24) is 0 Å². The molecule has 0 fully saturated rings. The van der Waals surface area contributed by atoms with E-state index in [1.54, 1.807) is 24.3 Å². The average Bonchev–Trinajstić information content (AvgIpc) is 2.65. The van der Waals surface area contributed by atoms with E-state index in [0.717, 1.165) is 11.1 Å². The zero-order valence-electron chi connectivity index (χ0n) is 16.1. The molecule has 29 heavy (non-hydrogen) atoms. The molecule has 3 rings (SSSR count). The summed E-state index contributed by atoms with van der Waals surface area (Å²) in [5, 5.41) is 0. The summed E-state index contributed by atoms with van der Waals surface area (Å²) in [7, 11) is -7.41. The van der Waals surface area contributed by atoms with E-state index in [1.807, 2.05) is 38.1 Å². The first kappa shape index (κ1) is 20.9. The molecule has 0 heterocycles. The van der Waals surface area contributed by atoms with Gasteiger partial charge in [0, 0.05) is 5.69 Å². The number of nitrogens with one attached hydrogen (secondary N) is 2. The lowest BCUT2D eigenvalue weighted by Gasteiger charge is -2.14. The lowest BCUT2D eigenvalue weighted by Crippen LogP contribution is -2.16. The minimum Gasteiger partial charge on any atom is -0.283 e. The second-order valence-corrected chi connectivity index (χ2v) is 10.1. The summed E-state index contributed by atoms with van der Waals surface area (Å²) in [4.78, 5) is 0.0474. The second kappa shape index (κ2) is 8.26. The van der Waals surface area contributed by atoms with Gasteiger partial charge in [-0.15, -0.1) is 0 Å². The smallest absolute Gasteiger partial charge is 0.261 e. The number of benzene rings is 3. The van der Waals surface area contributed by atoms with Gasteiger partial charge < -0.3 is 0 Å². The molecule has 6 nitrogen and oxygen atoms in total. The molecule has 0 aliphatic rings. The predicted molar refractivity (Wildman–Crippen MR) is 116 cm³/mol. The molecule has 0 radical (unpaired) electrons. The molecule has 0 saturated carbocycles. The molecule has 2 N–H and O–H groups in total. The summed E-state index contributed by atoms with van der Waals surface area (Å²) in [6, 6.07) is 19.9. The Morgan fingerprint density at radius 1 is 0.690 bits per heavy atom. The van der Waals surface area contributed by atoms with Crippen LogP contribution in [0.25, 0.3) is 0 Å². The highest BCUT2D eigenvalue weighted by Gasteiger charge is 2.17. The summed E-state index contributed by atoms with van der Waals surface area (Å²) < 4.78 is 55.1. The van der Waals surface area contributed by atoms with E-state index in [-0.39, 0.29) is 10.6 Å². The molecule has 0 saturated heterocycles. The largest absolute Gasteiger partial charge is 0.283 e. The molecule has 0 unspecified atom stereocenters. The molecule has 0 spiro atoms. The summed E-state index contributed by atoms with van der Waals surface area (Å²) in [6.45, 7) is 3.66. The van der Waals surface area contributed by atoms with Crippen molar-refractivity contribution in [3.05, 3.63) is 89.5 Å². The van der Waals surface area contributed by atoms with Gasteiger partial charge in [-0.3, -0.25) is 9.44 Å². The topological polar surface area (TPSA) is 92.3 Å². The van der Waals surface area contributed by atoms with Gasteiger partial charge in [-0.1, -0.05) is 48.5 Å². The number of hydrogen-bond donors (Lipinski definition) is 2. The van der Waals surface area contributed by atoms with Crippen LogP contribution in [0, 0.1) is 13.8 Å². The van der Waals surface area contributed by atoms with Gasteiger partial charge in [0.1, 0.15) is 0 Å². The summed E-state index contributed by atoms with van der Waals surface area (Å²) in [6.07, 6.45) is 0. The zero-order chi connectivity index (χ0) is 21.1. The maximum atomic E-state index is 12.7. The van der Waals surface area contributed by atoms with Gasteiger partial charge in [0.15, 0.2) is 0 Å². The van der Waals surface area contributed by atoms with Crippen molar-refractivity contribution in [2.24, 2.45) is 0 Å². The Bertz CT molecular complexity index is 1190. The number of para-hydroxylation sites is 1. The van der Waals surface area contributed by atoms with E-state index in [0.29, 0.717) is 16.9 Å². The molecule has 8 heteroatoms. The normalized spacial score (nSPS) is 11.8. The van der Waals surface area contributed by atoms with Crippen molar-refractivity contribution in [2.45, 2.75) is 24.5 Å². The Hall–Kier alpha value is -2.84. The number of aryl methyl sites for hydroxylation is 2. The van der Waals surface area contributed by atoms with Crippen LogP contribution in [-0.4, -0.2) is 16.8 Å². The number of hydrogen-bond acceptors (Lipinski definition) is 4. The minimum atomic E-state index is -3.79. The minimum absolute atomic E-state index is 0.0474. The van der Waals surface area contributed by atoms with Crippen LogP contribution in [0.3, 0.4) is 0 Å². The summed E-state index contributed by atoms with van der Waals surface area (Å²) in [5.41, 5.74) is 3.14. The van der Waals surface area contributed by atoms with Crippen LogP contribution in [0.2, 0.25) is 0 Å². The van der Waals surface area contributed by atoms with Crippen LogP contribution < -0.4 is 9.44 Å². The first-order chi connectivity index (χ1) is 13.7. The molecule has 3 aromatic carbocycles. The fraction of sp³-hybridized carbons (Fsp3) is 0.143. The van der Waals surface area contributed by atoms with Gasteiger partial charge >= 0.3 is 0 Å². The van der Waals surface area contributed by atoms with Crippen LogP contribution in [-0.2, 0) is 25.8 Å². The quantitative estimate of drug-likeness (QED) is 0.592. The molecule has 3 aromatic rings. The highest BCUT2D eigenvalue weighted by Crippen LogP contribution is 2.24. The maximum absolute atomic E-state index is 12.7. The molecular weight excluding hydrogens is 408 g/mol. The second-order valence-electron chi connectivity index (χ2n) is 6.74. The van der Waals surface area contributed by atoms with E-state index in [1.165, 1.54) is 24.3 Å². The fourth-order valence-electron chi connectivity index (χ4n) is 2.88.